The number of aryl methyl sites for hydroxylation is 1. The number of hydrogen-bond acceptors (Lipinski definition) is 2. The lowest BCUT2D eigenvalue weighted by Gasteiger charge is -2.15. The Labute approximate surface area is 205 Å². The van der Waals surface area contributed by atoms with E-state index in [9.17, 15) is 9.59 Å². The predicted octanol–water partition coefficient (Wildman–Crippen LogP) is 7.55. The zero-order chi connectivity index (χ0) is 24.2. The molecular formula is C33H24O2. The molecule has 6 rings (SSSR count). The van der Waals surface area contributed by atoms with Crippen molar-refractivity contribution in [1.82, 2.24) is 0 Å². The molecule has 168 valence electrons. The van der Waals surface area contributed by atoms with Crippen LogP contribution in [0.3, 0.4) is 0 Å². The molecule has 0 radical (unpaired) electrons. The highest BCUT2D eigenvalue weighted by Gasteiger charge is 2.20. The fourth-order valence-electron chi connectivity index (χ4n) is 4.32. The van der Waals surface area contributed by atoms with Gasteiger partial charge in [0.1, 0.15) is 0 Å². The number of carbonyl (C=O) groups is 2. The lowest BCUT2D eigenvalue weighted by Crippen LogP contribution is -2.05. The molecule has 4 aromatic rings. The van der Waals surface area contributed by atoms with Gasteiger partial charge in [-0.3, -0.25) is 9.59 Å². The van der Waals surface area contributed by atoms with Crippen molar-refractivity contribution in [3.8, 4) is 22.3 Å². The smallest absolute Gasteiger partial charge is 0.193 e. The number of ketones is 2. The molecule has 0 saturated heterocycles. The third kappa shape index (κ3) is 4.60. The van der Waals surface area contributed by atoms with E-state index in [1.54, 1.807) is 0 Å². The molecule has 2 nitrogen and oxygen atoms in total. The second kappa shape index (κ2) is 9.74. The van der Waals surface area contributed by atoms with Crippen LogP contribution in [-0.2, 0) is 4.79 Å². The Morgan fingerprint density at radius 2 is 1.17 bits per heavy atom. The first-order valence-corrected chi connectivity index (χ1v) is 11.6. The van der Waals surface area contributed by atoms with Crippen molar-refractivity contribution in [2.75, 3.05) is 0 Å². The molecule has 4 aromatic carbocycles. The monoisotopic (exact) mass is 452 g/mol. The van der Waals surface area contributed by atoms with Gasteiger partial charge in [0.05, 0.1) is 0 Å². The second-order valence-corrected chi connectivity index (χ2v) is 8.56. The van der Waals surface area contributed by atoms with Crippen molar-refractivity contribution in [3.05, 3.63) is 155 Å². The van der Waals surface area contributed by atoms with Gasteiger partial charge in [-0.05, 0) is 23.6 Å². The molecule has 0 fully saturated rings. The van der Waals surface area contributed by atoms with Crippen molar-refractivity contribution < 1.29 is 9.59 Å². The van der Waals surface area contributed by atoms with E-state index in [0.29, 0.717) is 5.56 Å². The van der Waals surface area contributed by atoms with Gasteiger partial charge < -0.3 is 0 Å². The lowest BCUT2D eigenvalue weighted by molar-refractivity contribution is -0.111. The Bertz CT molecular complexity index is 1460. The van der Waals surface area contributed by atoms with Crippen LogP contribution in [0.5, 0.6) is 0 Å². The third-order valence-corrected chi connectivity index (χ3v) is 6.18. The van der Waals surface area contributed by atoms with Gasteiger partial charge in [-0.1, -0.05) is 133 Å². The number of allylic oxidation sites excluding steroid dienone is 6. The zero-order valence-electron chi connectivity index (χ0n) is 19.4. The largest absolute Gasteiger partial charge is 0.289 e. The minimum Gasteiger partial charge on any atom is -0.289 e. The molecule has 2 heteroatoms. The van der Waals surface area contributed by atoms with Gasteiger partial charge in [-0.25, -0.2) is 0 Å². The van der Waals surface area contributed by atoms with Crippen molar-refractivity contribution in [2.45, 2.75) is 6.92 Å². The summed E-state index contributed by atoms with van der Waals surface area (Å²) in [5, 5.41) is 0. The molecule has 0 amide bonds. The van der Waals surface area contributed by atoms with E-state index in [4.69, 9.17) is 0 Å². The van der Waals surface area contributed by atoms with Crippen LogP contribution in [0.2, 0.25) is 0 Å². The molecule has 0 aliphatic heterocycles. The average Bonchev–Trinajstić information content (AvgIpc) is 3.46. The maximum Gasteiger partial charge on any atom is 0.193 e. The van der Waals surface area contributed by atoms with E-state index in [1.165, 1.54) is 0 Å². The first-order chi connectivity index (χ1) is 17.1. The van der Waals surface area contributed by atoms with Gasteiger partial charge in [0.2, 0.25) is 0 Å². The standard InChI is InChI=1S/C26H20O.C7H4O/c1-19-15-17-22(18-16-19)26(27)24-14-8-13-23(20-9-4-2-5-10-20)25(24)21-11-6-3-7-12-21;8-7-5-1-2-6(7)4-3-5/h2-18H,1H3;1-4H. The number of rotatable bonds is 4. The molecule has 2 bridgehead atoms. The zero-order valence-corrected chi connectivity index (χ0v) is 19.4. The summed E-state index contributed by atoms with van der Waals surface area (Å²) in [6, 6.07) is 34.1. The van der Waals surface area contributed by atoms with Gasteiger partial charge in [0.15, 0.2) is 11.6 Å². The average molecular weight is 453 g/mol. The van der Waals surface area contributed by atoms with Crippen LogP contribution in [0.1, 0.15) is 21.5 Å². The molecule has 0 saturated carbocycles. The third-order valence-electron chi connectivity index (χ3n) is 6.18. The van der Waals surface area contributed by atoms with Crippen molar-refractivity contribution in [2.24, 2.45) is 0 Å². The van der Waals surface area contributed by atoms with Gasteiger partial charge in [-0.15, -0.1) is 0 Å². The summed E-state index contributed by atoms with van der Waals surface area (Å²) < 4.78 is 0. The summed E-state index contributed by atoms with van der Waals surface area (Å²) >= 11 is 0. The topological polar surface area (TPSA) is 34.1 Å². The van der Waals surface area contributed by atoms with E-state index in [2.05, 4.69) is 30.3 Å². The van der Waals surface area contributed by atoms with Crippen LogP contribution in [0.15, 0.2) is 139 Å². The maximum absolute atomic E-state index is 13.3. The van der Waals surface area contributed by atoms with Crippen LogP contribution in [0.4, 0.5) is 0 Å². The fourth-order valence-corrected chi connectivity index (χ4v) is 4.32. The van der Waals surface area contributed by atoms with Crippen molar-refractivity contribution in [1.29, 1.82) is 0 Å². The molecule has 35 heavy (non-hydrogen) atoms. The van der Waals surface area contributed by atoms with E-state index in [1.807, 2.05) is 104 Å². The summed E-state index contributed by atoms with van der Waals surface area (Å²) in [7, 11) is 0. The highest BCUT2D eigenvalue weighted by atomic mass is 16.1. The number of fused-ring (bicyclic) bond motifs is 2. The number of carbonyl (C=O) groups excluding carboxylic acids is 2. The van der Waals surface area contributed by atoms with Crippen molar-refractivity contribution in [3.63, 3.8) is 0 Å². The summed E-state index contributed by atoms with van der Waals surface area (Å²) in [6.45, 7) is 2.03. The first-order valence-electron chi connectivity index (χ1n) is 11.6. The molecule has 0 aromatic heterocycles. The summed E-state index contributed by atoms with van der Waals surface area (Å²) in [4.78, 5) is 24.1. The minimum absolute atomic E-state index is 0.0478. The number of Topliss-reactive ketones (excluding diaryl/α,β-unsaturated/α-hetero) is 1. The molecule has 2 aliphatic carbocycles. The van der Waals surface area contributed by atoms with Gasteiger partial charge in [-0.2, -0.15) is 0 Å². The molecule has 2 aliphatic rings. The number of hydrogen-bond donors (Lipinski definition) is 0. The van der Waals surface area contributed by atoms with E-state index in [0.717, 1.165) is 44.5 Å². The summed E-state index contributed by atoms with van der Waals surface area (Å²) in [6.07, 6.45) is 7.38. The Morgan fingerprint density at radius 1 is 0.600 bits per heavy atom. The fraction of sp³-hybridized carbons (Fsp3) is 0.0303. The highest BCUT2D eigenvalue weighted by molar-refractivity contribution is 6.18. The Hall–Kier alpha value is -4.56. The molecule has 0 atom stereocenters. The van der Waals surface area contributed by atoms with Crippen LogP contribution in [0, 0.1) is 6.92 Å². The van der Waals surface area contributed by atoms with Crippen LogP contribution >= 0.6 is 0 Å². The second-order valence-electron chi connectivity index (χ2n) is 8.56. The minimum atomic E-state index is 0.0478. The predicted molar refractivity (Wildman–Crippen MR) is 142 cm³/mol. The summed E-state index contributed by atoms with van der Waals surface area (Å²) in [5.74, 6) is 0.233. The Morgan fingerprint density at radius 3 is 1.69 bits per heavy atom. The molecule has 0 heterocycles. The highest BCUT2D eigenvalue weighted by Crippen LogP contribution is 2.36. The normalized spacial score (nSPS) is 13.1. The molecular weight excluding hydrogens is 428 g/mol. The van der Waals surface area contributed by atoms with E-state index >= 15 is 0 Å². The molecule has 0 spiro atoms. The SMILES string of the molecule is Cc1ccc(C(=O)c2cccc(-c3ccccc3)c2-c2ccccc2)cc1.O=C1C2=CC=C1C=C2. The van der Waals surface area contributed by atoms with Gasteiger partial charge >= 0.3 is 0 Å². The lowest BCUT2D eigenvalue weighted by atomic mass is 9.87. The summed E-state index contributed by atoms with van der Waals surface area (Å²) in [5.41, 5.74) is 8.46. The van der Waals surface area contributed by atoms with Gasteiger partial charge in [0, 0.05) is 27.8 Å². The van der Waals surface area contributed by atoms with Crippen LogP contribution in [-0.4, -0.2) is 11.6 Å². The Kier molecular flexibility index (Phi) is 6.19. The quantitative estimate of drug-likeness (QED) is 0.300. The molecule has 0 unspecified atom stereocenters. The maximum atomic E-state index is 13.3. The first kappa shape index (κ1) is 22.2. The van der Waals surface area contributed by atoms with E-state index < -0.39 is 0 Å². The van der Waals surface area contributed by atoms with Crippen molar-refractivity contribution >= 4 is 11.6 Å². The van der Waals surface area contributed by atoms with Crippen LogP contribution < -0.4 is 0 Å². The number of benzene rings is 4. The molecule has 0 N–H and O–H groups in total. The van der Waals surface area contributed by atoms with Crippen LogP contribution in [0.25, 0.3) is 22.3 Å². The Balaban J connectivity index is 0.000000265. The van der Waals surface area contributed by atoms with E-state index in [-0.39, 0.29) is 11.6 Å². The van der Waals surface area contributed by atoms with Gasteiger partial charge in [0.25, 0.3) is 0 Å².